The number of piperidine rings is 1. The minimum atomic E-state index is -0.0834. The third kappa shape index (κ3) is 3.90. The fraction of sp³-hybridized carbons (Fsp3) is 0.500. The van der Waals surface area contributed by atoms with E-state index in [0.29, 0.717) is 18.7 Å². The van der Waals surface area contributed by atoms with Crippen LogP contribution in [0.4, 0.5) is 4.79 Å². The first-order chi connectivity index (χ1) is 10.5. The van der Waals surface area contributed by atoms with Crippen molar-refractivity contribution in [3.8, 4) is 5.75 Å². The minimum absolute atomic E-state index is 0.0278. The highest BCUT2D eigenvalue weighted by molar-refractivity contribution is 5.94. The first kappa shape index (κ1) is 16.1. The Hall–Kier alpha value is -2.24. The summed E-state index contributed by atoms with van der Waals surface area (Å²) in [6.07, 6.45) is 1.56. The van der Waals surface area contributed by atoms with Gasteiger partial charge in [0.2, 0.25) is 0 Å². The molecule has 1 saturated heterocycles. The summed E-state index contributed by atoms with van der Waals surface area (Å²) in [6.45, 7) is 1.31. The fourth-order valence-electron chi connectivity index (χ4n) is 2.45. The summed E-state index contributed by atoms with van der Waals surface area (Å²) >= 11 is 0. The molecule has 1 aromatic rings. The van der Waals surface area contributed by atoms with Gasteiger partial charge in [0.1, 0.15) is 5.75 Å². The highest BCUT2D eigenvalue weighted by Gasteiger charge is 2.24. The van der Waals surface area contributed by atoms with Gasteiger partial charge in [0, 0.05) is 38.8 Å². The number of carbonyl (C=O) groups excluding carboxylic acids is 2. The number of rotatable bonds is 3. The number of hydrogen-bond donors (Lipinski definition) is 1. The second-order valence-corrected chi connectivity index (χ2v) is 5.64. The lowest BCUT2D eigenvalue weighted by atomic mass is 10.0. The molecule has 1 aliphatic rings. The molecule has 0 saturated carbocycles. The average Bonchev–Trinajstić information content (AvgIpc) is 2.55. The van der Waals surface area contributed by atoms with Crippen molar-refractivity contribution in [2.24, 2.45) is 0 Å². The van der Waals surface area contributed by atoms with E-state index in [2.05, 4.69) is 5.32 Å². The molecule has 1 aromatic carbocycles. The van der Waals surface area contributed by atoms with Gasteiger partial charge in [-0.3, -0.25) is 4.79 Å². The van der Waals surface area contributed by atoms with Gasteiger partial charge in [-0.25, -0.2) is 4.79 Å². The van der Waals surface area contributed by atoms with Crippen molar-refractivity contribution in [3.63, 3.8) is 0 Å². The van der Waals surface area contributed by atoms with Gasteiger partial charge < -0.3 is 19.9 Å². The van der Waals surface area contributed by atoms with Gasteiger partial charge in [0.25, 0.3) is 5.91 Å². The van der Waals surface area contributed by atoms with Crippen molar-refractivity contribution in [1.29, 1.82) is 0 Å². The van der Waals surface area contributed by atoms with Gasteiger partial charge in [-0.05, 0) is 37.1 Å². The van der Waals surface area contributed by atoms with Crippen molar-refractivity contribution < 1.29 is 14.3 Å². The number of carbonyl (C=O) groups is 2. The summed E-state index contributed by atoms with van der Waals surface area (Å²) in [7, 11) is 5.04. The predicted molar refractivity (Wildman–Crippen MR) is 84.1 cm³/mol. The van der Waals surface area contributed by atoms with Crippen LogP contribution in [-0.2, 0) is 0 Å². The van der Waals surface area contributed by atoms with Crippen LogP contribution in [0.2, 0.25) is 0 Å². The Morgan fingerprint density at radius 1 is 1.18 bits per heavy atom. The normalized spacial score (nSPS) is 15.3. The monoisotopic (exact) mass is 305 g/mol. The van der Waals surface area contributed by atoms with Crippen LogP contribution in [-0.4, -0.2) is 62.1 Å². The van der Waals surface area contributed by atoms with Crippen LogP contribution >= 0.6 is 0 Å². The topological polar surface area (TPSA) is 61.9 Å². The zero-order chi connectivity index (χ0) is 16.1. The van der Waals surface area contributed by atoms with Gasteiger partial charge in [0.05, 0.1) is 7.11 Å². The van der Waals surface area contributed by atoms with E-state index in [1.807, 2.05) is 4.90 Å². The first-order valence-corrected chi connectivity index (χ1v) is 7.42. The van der Waals surface area contributed by atoms with Crippen LogP contribution in [0.15, 0.2) is 24.3 Å². The van der Waals surface area contributed by atoms with Crippen molar-refractivity contribution in [1.82, 2.24) is 15.1 Å². The van der Waals surface area contributed by atoms with Crippen LogP contribution in [0.25, 0.3) is 0 Å². The number of nitrogens with one attached hydrogen (secondary N) is 1. The molecule has 1 fully saturated rings. The summed E-state index contributed by atoms with van der Waals surface area (Å²) in [5, 5.41) is 2.97. The van der Waals surface area contributed by atoms with E-state index in [0.717, 1.165) is 18.6 Å². The van der Waals surface area contributed by atoms with Crippen molar-refractivity contribution in [2.75, 3.05) is 34.3 Å². The zero-order valence-corrected chi connectivity index (χ0v) is 13.3. The van der Waals surface area contributed by atoms with Gasteiger partial charge in [-0.2, -0.15) is 0 Å². The van der Waals surface area contributed by atoms with E-state index in [1.165, 1.54) is 4.90 Å². The van der Waals surface area contributed by atoms with Crippen LogP contribution in [0.5, 0.6) is 5.75 Å². The molecule has 0 atom stereocenters. The van der Waals surface area contributed by atoms with Crippen molar-refractivity contribution in [3.05, 3.63) is 29.8 Å². The molecule has 3 amide bonds. The highest BCUT2D eigenvalue weighted by atomic mass is 16.5. The molecule has 2 rings (SSSR count). The third-order valence-electron chi connectivity index (χ3n) is 3.85. The maximum Gasteiger partial charge on any atom is 0.317 e. The molecule has 1 aliphatic heterocycles. The molecule has 6 heteroatoms. The number of amides is 3. The summed E-state index contributed by atoms with van der Waals surface area (Å²) in [6, 6.07) is 7.19. The van der Waals surface area contributed by atoms with E-state index in [-0.39, 0.29) is 18.0 Å². The first-order valence-electron chi connectivity index (χ1n) is 7.42. The maximum absolute atomic E-state index is 12.4. The lowest BCUT2D eigenvalue weighted by molar-refractivity contribution is 0.0707. The van der Waals surface area contributed by atoms with E-state index in [1.54, 1.807) is 45.5 Å². The summed E-state index contributed by atoms with van der Waals surface area (Å²) in [5.74, 6) is 0.765. The molecule has 0 bridgehead atoms. The van der Waals surface area contributed by atoms with Crippen molar-refractivity contribution >= 4 is 11.9 Å². The number of urea groups is 1. The van der Waals surface area contributed by atoms with E-state index in [4.69, 9.17) is 4.74 Å². The standard InChI is InChI=1S/C16H23N3O3/c1-18(2)16(21)17-13-8-10-19(11-9-13)15(20)12-4-6-14(22-3)7-5-12/h4-7,13H,8-11H2,1-3H3,(H,17,21). The molecule has 1 heterocycles. The molecule has 1 N–H and O–H groups in total. The molecule has 22 heavy (non-hydrogen) atoms. The Kier molecular flexibility index (Phi) is 5.25. The molecule has 0 aliphatic carbocycles. The molecule has 0 radical (unpaired) electrons. The summed E-state index contributed by atoms with van der Waals surface area (Å²) < 4.78 is 5.10. The predicted octanol–water partition coefficient (Wildman–Crippen LogP) is 1.57. The largest absolute Gasteiger partial charge is 0.497 e. The lowest BCUT2D eigenvalue weighted by Gasteiger charge is -2.33. The van der Waals surface area contributed by atoms with Crippen LogP contribution in [0, 0.1) is 0 Å². The van der Waals surface area contributed by atoms with Gasteiger partial charge >= 0.3 is 6.03 Å². The number of hydrogen-bond acceptors (Lipinski definition) is 3. The summed E-state index contributed by atoms with van der Waals surface area (Å²) in [4.78, 5) is 27.4. The Bertz CT molecular complexity index is 520. The quantitative estimate of drug-likeness (QED) is 0.922. The Balaban J connectivity index is 1.87. The van der Waals surface area contributed by atoms with Crippen LogP contribution < -0.4 is 10.1 Å². The highest BCUT2D eigenvalue weighted by Crippen LogP contribution is 2.17. The number of benzene rings is 1. The SMILES string of the molecule is COc1ccc(C(=O)N2CCC(NC(=O)N(C)C)CC2)cc1. The molecule has 0 spiro atoms. The zero-order valence-electron chi connectivity index (χ0n) is 13.3. The number of likely N-dealkylation sites (tertiary alicyclic amines) is 1. The molecule has 0 unspecified atom stereocenters. The Morgan fingerprint density at radius 3 is 2.27 bits per heavy atom. The van der Waals surface area contributed by atoms with Crippen LogP contribution in [0.1, 0.15) is 23.2 Å². The molecule has 120 valence electrons. The van der Waals surface area contributed by atoms with Gasteiger partial charge in [-0.1, -0.05) is 0 Å². The van der Waals surface area contributed by atoms with E-state index >= 15 is 0 Å². The van der Waals surface area contributed by atoms with E-state index in [9.17, 15) is 9.59 Å². The average molecular weight is 305 g/mol. The number of ether oxygens (including phenoxy) is 1. The smallest absolute Gasteiger partial charge is 0.317 e. The maximum atomic E-state index is 12.4. The molecule has 0 aromatic heterocycles. The minimum Gasteiger partial charge on any atom is -0.497 e. The second-order valence-electron chi connectivity index (χ2n) is 5.64. The van der Waals surface area contributed by atoms with E-state index < -0.39 is 0 Å². The van der Waals surface area contributed by atoms with Gasteiger partial charge in [0.15, 0.2) is 0 Å². The number of methoxy groups -OCH3 is 1. The lowest BCUT2D eigenvalue weighted by Crippen LogP contribution is -2.48. The number of nitrogens with zero attached hydrogens (tertiary/aromatic N) is 2. The van der Waals surface area contributed by atoms with Gasteiger partial charge in [-0.15, -0.1) is 0 Å². The summed E-state index contributed by atoms with van der Waals surface area (Å²) in [5.41, 5.74) is 0.663. The second kappa shape index (κ2) is 7.15. The molecular formula is C16H23N3O3. The Labute approximate surface area is 131 Å². The third-order valence-corrected chi connectivity index (χ3v) is 3.85. The fourth-order valence-corrected chi connectivity index (χ4v) is 2.45. The Morgan fingerprint density at radius 2 is 1.77 bits per heavy atom. The molecule has 6 nitrogen and oxygen atoms in total. The van der Waals surface area contributed by atoms with Crippen molar-refractivity contribution in [2.45, 2.75) is 18.9 Å². The van der Waals surface area contributed by atoms with Crippen LogP contribution in [0.3, 0.4) is 0 Å². The molecular weight excluding hydrogens is 282 g/mol.